The summed E-state index contributed by atoms with van der Waals surface area (Å²) < 4.78 is 5.14. The summed E-state index contributed by atoms with van der Waals surface area (Å²) in [6, 6.07) is 0. The van der Waals surface area contributed by atoms with Crippen LogP contribution in [0, 0.1) is 0 Å². The Morgan fingerprint density at radius 2 is 2.08 bits per heavy atom. The van der Waals surface area contributed by atoms with Crippen LogP contribution < -0.4 is 5.73 Å². The molecule has 66 valence electrons. The molecule has 12 heavy (non-hydrogen) atoms. The molecule has 0 radical (unpaired) electrons. The van der Waals surface area contributed by atoms with Crippen molar-refractivity contribution >= 4 is 0 Å². The van der Waals surface area contributed by atoms with E-state index in [-0.39, 0.29) is 0 Å². The van der Waals surface area contributed by atoms with E-state index >= 15 is 0 Å². The first kappa shape index (κ1) is 9.09. The van der Waals surface area contributed by atoms with Gasteiger partial charge < -0.3 is 10.5 Å². The predicted octanol–water partition coefficient (Wildman–Crippen LogP) is 0.472. The minimum atomic E-state index is 0.474. The second-order valence-corrected chi connectivity index (χ2v) is 2.35. The first-order chi connectivity index (χ1) is 5.86. The highest BCUT2D eigenvalue weighted by atomic mass is 16.5. The monoisotopic (exact) mass is 167 g/mol. The molecule has 0 amide bonds. The molecule has 0 aliphatic rings. The molecule has 0 bridgehead atoms. The summed E-state index contributed by atoms with van der Waals surface area (Å²) in [6.45, 7) is 3.58. The molecule has 0 aromatic carbocycles. The Morgan fingerprint density at radius 1 is 1.42 bits per heavy atom. The van der Waals surface area contributed by atoms with E-state index < -0.39 is 0 Å². The third kappa shape index (κ3) is 2.56. The standard InChI is InChI=1S/C8H13N3O/c1-2-12-6-8-10-4-7(3-9)5-11-8/h4-5H,2-3,6,9H2,1H3. The molecule has 0 spiro atoms. The molecular weight excluding hydrogens is 154 g/mol. The van der Waals surface area contributed by atoms with Crippen molar-refractivity contribution in [2.24, 2.45) is 5.73 Å². The van der Waals surface area contributed by atoms with Gasteiger partial charge >= 0.3 is 0 Å². The van der Waals surface area contributed by atoms with Gasteiger partial charge in [0, 0.05) is 31.1 Å². The highest BCUT2D eigenvalue weighted by molar-refractivity contribution is 5.03. The van der Waals surface area contributed by atoms with Gasteiger partial charge in [-0.15, -0.1) is 0 Å². The van der Waals surface area contributed by atoms with E-state index in [1.54, 1.807) is 12.4 Å². The maximum atomic E-state index is 5.39. The Labute approximate surface area is 71.8 Å². The van der Waals surface area contributed by atoms with Crippen molar-refractivity contribution < 1.29 is 4.74 Å². The summed E-state index contributed by atoms with van der Waals surface area (Å²) in [6.07, 6.45) is 3.45. The minimum Gasteiger partial charge on any atom is -0.374 e. The van der Waals surface area contributed by atoms with E-state index in [0.29, 0.717) is 25.6 Å². The van der Waals surface area contributed by atoms with Crippen molar-refractivity contribution in [1.82, 2.24) is 9.97 Å². The number of rotatable bonds is 4. The van der Waals surface area contributed by atoms with Gasteiger partial charge in [0.1, 0.15) is 6.61 Å². The molecule has 0 atom stereocenters. The number of ether oxygens (including phenoxy) is 1. The molecule has 2 N–H and O–H groups in total. The fourth-order valence-electron chi connectivity index (χ4n) is 0.755. The number of nitrogens with two attached hydrogens (primary N) is 1. The van der Waals surface area contributed by atoms with Crippen LogP contribution in [0.1, 0.15) is 18.3 Å². The van der Waals surface area contributed by atoms with Crippen LogP contribution in [0.5, 0.6) is 0 Å². The van der Waals surface area contributed by atoms with Crippen LogP contribution in [0.2, 0.25) is 0 Å². The maximum Gasteiger partial charge on any atom is 0.153 e. The quantitative estimate of drug-likeness (QED) is 0.708. The van der Waals surface area contributed by atoms with Crippen LogP contribution in [-0.4, -0.2) is 16.6 Å². The third-order valence-corrected chi connectivity index (χ3v) is 1.43. The number of hydrogen-bond donors (Lipinski definition) is 1. The summed E-state index contributed by atoms with van der Waals surface area (Å²) in [5.41, 5.74) is 6.33. The van der Waals surface area contributed by atoms with Gasteiger partial charge in [0.25, 0.3) is 0 Å². The second kappa shape index (κ2) is 4.79. The van der Waals surface area contributed by atoms with Crippen molar-refractivity contribution in [1.29, 1.82) is 0 Å². The summed E-state index contributed by atoms with van der Waals surface area (Å²) in [5, 5.41) is 0. The van der Waals surface area contributed by atoms with Gasteiger partial charge in [-0.2, -0.15) is 0 Å². The predicted molar refractivity (Wildman–Crippen MR) is 45.3 cm³/mol. The fourth-order valence-corrected chi connectivity index (χ4v) is 0.755. The van der Waals surface area contributed by atoms with Gasteiger partial charge in [0.15, 0.2) is 5.82 Å². The Hall–Kier alpha value is -1.00. The summed E-state index contributed by atoms with van der Waals surface area (Å²) >= 11 is 0. The van der Waals surface area contributed by atoms with Crippen LogP contribution >= 0.6 is 0 Å². The van der Waals surface area contributed by atoms with Crippen molar-refractivity contribution in [2.45, 2.75) is 20.1 Å². The zero-order valence-corrected chi connectivity index (χ0v) is 7.16. The van der Waals surface area contributed by atoms with Gasteiger partial charge in [-0.3, -0.25) is 0 Å². The van der Waals surface area contributed by atoms with Gasteiger partial charge in [0.05, 0.1) is 0 Å². The maximum absolute atomic E-state index is 5.39. The SMILES string of the molecule is CCOCc1ncc(CN)cn1. The Morgan fingerprint density at radius 3 is 2.58 bits per heavy atom. The molecule has 0 saturated carbocycles. The second-order valence-electron chi connectivity index (χ2n) is 2.35. The van der Waals surface area contributed by atoms with Gasteiger partial charge in [0.2, 0.25) is 0 Å². The van der Waals surface area contributed by atoms with Crippen molar-refractivity contribution in [3.05, 3.63) is 23.8 Å². The Kier molecular flexibility index (Phi) is 3.63. The minimum absolute atomic E-state index is 0.474. The first-order valence-corrected chi connectivity index (χ1v) is 3.94. The van der Waals surface area contributed by atoms with Crippen molar-refractivity contribution in [3.8, 4) is 0 Å². The van der Waals surface area contributed by atoms with Gasteiger partial charge in [-0.05, 0) is 6.92 Å². The molecule has 4 nitrogen and oxygen atoms in total. The average molecular weight is 167 g/mol. The lowest BCUT2D eigenvalue weighted by molar-refractivity contribution is 0.128. The normalized spacial score (nSPS) is 10.2. The highest BCUT2D eigenvalue weighted by Gasteiger charge is 1.95. The van der Waals surface area contributed by atoms with Crippen LogP contribution in [0.25, 0.3) is 0 Å². The molecule has 0 fully saturated rings. The molecule has 1 heterocycles. The van der Waals surface area contributed by atoms with Crippen molar-refractivity contribution in [3.63, 3.8) is 0 Å². The topological polar surface area (TPSA) is 61.0 Å². The largest absolute Gasteiger partial charge is 0.374 e. The third-order valence-electron chi connectivity index (χ3n) is 1.43. The molecule has 0 aliphatic heterocycles. The van der Waals surface area contributed by atoms with Crippen LogP contribution in [0.3, 0.4) is 0 Å². The number of hydrogen-bond acceptors (Lipinski definition) is 4. The van der Waals surface area contributed by atoms with E-state index in [2.05, 4.69) is 9.97 Å². The van der Waals surface area contributed by atoms with Gasteiger partial charge in [-0.1, -0.05) is 0 Å². The summed E-state index contributed by atoms with van der Waals surface area (Å²) in [5.74, 6) is 0.703. The lowest BCUT2D eigenvalue weighted by Gasteiger charge is -2.00. The molecule has 0 aliphatic carbocycles. The molecule has 1 aromatic rings. The molecule has 1 aromatic heterocycles. The lowest BCUT2D eigenvalue weighted by Crippen LogP contribution is -2.02. The zero-order chi connectivity index (χ0) is 8.81. The Balaban J connectivity index is 2.53. The molecule has 4 heteroatoms. The molecule has 0 saturated heterocycles. The van der Waals surface area contributed by atoms with Crippen LogP contribution in [0.15, 0.2) is 12.4 Å². The van der Waals surface area contributed by atoms with Crippen molar-refractivity contribution in [2.75, 3.05) is 6.61 Å². The smallest absolute Gasteiger partial charge is 0.153 e. The van der Waals surface area contributed by atoms with E-state index in [9.17, 15) is 0 Å². The van der Waals surface area contributed by atoms with E-state index in [1.807, 2.05) is 6.92 Å². The fraction of sp³-hybridized carbons (Fsp3) is 0.500. The zero-order valence-electron chi connectivity index (χ0n) is 7.16. The van der Waals surface area contributed by atoms with Gasteiger partial charge in [-0.25, -0.2) is 9.97 Å². The van der Waals surface area contributed by atoms with E-state index in [4.69, 9.17) is 10.5 Å². The summed E-state index contributed by atoms with van der Waals surface area (Å²) in [4.78, 5) is 8.14. The number of aromatic nitrogens is 2. The van der Waals surface area contributed by atoms with Crippen LogP contribution in [-0.2, 0) is 17.9 Å². The number of nitrogens with zero attached hydrogens (tertiary/aromatic N) is 2. The molecular formula is C8H13N3O. The molecule has 1 rings (SSSR count). The average Bonchev–Trinajstić information content (AvgIpc) is 2.15. The first-order valence-electron chi connectivity index (χ1n) is 3.94. The summed E-state index contributed by atoms with van der Waals surface area (Å²) in [7, 11) is 0. The molecule has 0 unspecified atom stereocenters. The van der Waals surface area contributed by atoms with Crippen LogP contribution in [0.4, 0.5) is 0 Å². The Bertz CT molecular complexity index is 222. The van der Waals surface area contributed by atoms with E-state index in [0.717, 1.165) is 5.56 Å². The highest BCUT2D eigenvalue weighted by Crippen LogP contribution is 1.95. The lowest BCUT2D eigenvalue weighted by atomic mass is 10.3. The van der Waals surface area contributed by atoms with E-state index in [1.165, 1.54) is 0 Å².